The first-order valence-electron chi connectivity index (χ1n) is 5.98. The molecule has 3 aromatic rings. The van der Waals surface area contributed by atoms with Crippen molar-refractivity contribution in [2.75, 3.05) is 0 Å². The lowest BCUT2D eigenvalue weighted by atomic mass is 9.98. The Morgan fingerprint density at radius 2 is 2.00 bits per heavy atom. The normalized spacial score (nSPS) is 12.2. The fraction of sp³-hybridized carbons (Fsp3) is 0.267. The van der Waals surface area contributed by atoms with Gasteiger partial charge in [0.15, 0.2) is 0 Å². The molecule has 2 aromatic heterocycles. The van der Waals surface area contributed by atoms with E-state index in [1.165, 1.54) is 5.01 Å². The molecule has 0 saturated carbocycles. The summed E-state index contributed by atoms with van der Waals surface area (Å²) in [6.45, 7) is 6.57. The van der Waals surface area contributed by atoms with Gasteiger partial charge < -0.3 is 4.42 Å². The van der Waals surface area contributed by atoms with Crippen molar-refractivity contribution in [3.63, 3.8) is 0 Å². The molecule has 3 rings (SSSR count). The molecule has 0 aliphatic carbocycles. The van der Waals surface area contributed by atoms with Crippen molar-refractivity contribution >= 4 is 22.3 Å². The van der Waals surface area contributed by atoms with Crippen LogP contribution < -0.4 is 0 Å². The van der Waals surface area contributed by atoms with Gasteiger partial charge in [-0.1, -0.05) is 20.8 Å². The topological polar surface area (TPSA) is 26.0 Å². The summed E-state index contributed by atoms with van der Waals surface area (Å²) < 4.78 is 5.35. The summed E-state index contributed by atoms with van der Waals surface area (Å²) in [5.41, 5.74) is 3.23. The van der Waals surface area contributed by atoms with E-state index in [-0.39, 0.29) is 5.41 Å². The number of rotatable bonds is 1. The quantitative estimate of drug-likeness (QED) is 0.622. The molecule has 0 amide bonds. The van der Waals surface area contributed by atoms with Gasteiger partial charge >= 0.3 is 0 Å². The minimum Gasteiger partial charge on any atom is -0.464 e. The van der Waals surface area contributed by atoms with Gasteiger partial charge in [0.05, 0.1) is 17.0 Å². The van der Waals surface area contributed by atoms with E-state index in [0.717, 1.165) is 22.2 Å². The summed E-state index contributed by atoms with van der Waals surface area (Å²) in [4.78, 5) is 4.73. The van der Waals surface area contributed by atoms with Crippen LogP contribution in [0.3, 0.4) is 0 Å². The van der Waals surface area contributed by atoms with Crippen molar-refractivity contribution in [2.45, 2.75) is 26.2 Å². The lowest BCUT2D eigenvalue weighted by Crippen LogP contribution is -2.10. The van der Waals surface area contributed by atoms with Crippen LogP contribution in [-0.2, 0) is 5.41 Å². The Bertz CT molecular complexity index is 688. The Morgan fingerprint density at radius 3 is 2.72 bits per heavy atom. The summed E-state index contributed by atoms with van der Waals surface area (Å²) in [7, 11) is 0. The highest BCUT2D eigenvalue weighted by molar-refractivity contribution is 7.10. The van der Waals surface area contributed by atoms with Crippen molar-refractivity contribution in [3.8, 4) is 11.3 Å². The number of hydrogen-bond donors (Lipinski definition) is 0. The molecule has 0 atom stereocenters. The van der Waals surface area contributed by atoms with E-state index in [4.69, 9.17) is 9.40 Å². The minimum atomic E-state index is 0.114. The van der Waals surface area contributed by atoms with Gasteiger partial charge in [-0.15, -0.1) is 11.3 Å². The number of aromatic nitrogens is 1. The van der Waals surface area contributed by atoms with Gasteiger partial charge in [0.1, 0.15) is 5.58 Å². The Kier molecular flexibility index (Phi) is 2.52. The number of furan rings is 1. The van der Waals surface area contributed by atoms with Crippen LogP contribution in [0.25, 0.3) is 22.2 Å². The van der Waals surface area contributed by atoms with E-state index in [9.17, 15) is 0 Å². The van der Waals surface area contributed by atoms with Crippen LogP contribution >= 0.6 is 11.3 Å². The summed E-state index contributed by atoms with van der Waals surface area (Å²) in [5, 5.41) is 4.42. The molecule has 0 aliphatic rings. The van der Waals surface area contributed by atoms with Crippen molar-refractivity contribution in [3.05, 3.63) is 40.9 Å². The fourth-order valence-corrected chi connectivity index (χ4v) is 2.79. The standard InChI is InChI=1S/C15H15NOS/c1-15(2,3)14-16-12(9-18-14)10-4-5-13-11(8-10)6-7-17-13/h4-9H,1-3H3. The van der Waals surface area contributed by atoms with Gasteiger partial charge in [0.25, 0.3) is 0 Å². The van der Waals surface area contributed by atoms with Gasteiger partial charge in [-0.05, 0) is 24.3 Å². The maximum Gasteiger partial charge on any atom is 0.133 e. The van der Waals surface area contributed by atoms with E-state index in [2.05, 4.69) is 38.3 Å². The van der Waals surface area contributed by atoms with Crippen LogP contribution in [0.5, 0.6) is 0 Å². The molecule has 0 N–H and O–H groups in total. The van der Waals surface area contributed by atoms with Gasteiger partial charge in [0, 0.05) is 21.7 Å². The smallest absolute Gasteiger partial charge is 0.133 e. The number of fused-ring (bicyclic) bond motifs is 1. The van der Waals surface area contributed by atoms with E-state index < -0.39 is 0 Å². The summed E-state index contributed by atoms with van der Waals surface area (Å²) in [5.74, 6) is 0. The van der Waals surface area contributed by atoms with Crippen LogP contribution in [0.1, 0.15) is 25.8 Å². The van der Waals surface area contributed by atoms with Crippen molar-refractivity contribution in [1.82, 2.24) is 4.98 Å². The second-order valence-electron chi connectivity index (χ2n) is 5.46. The molecule has 2 heterocycles. The van der Waals surface area contributed by atoms with E-state index in [0.29, 0.717) is 0 Å². The molecular weight excluding hydrogens is 242 g/mol. The van der Waals surface area contributed by atoms with Gasteiger partial charge in [0.2, 0.25) is 0 Å². The van der Waals surface area contributed by atoms with Crippen molar-refractivity contribution in [2.24, 2.45) is 0 Å². The lowest BCUT2D eigenvalue weighted by Gasteiger charge is -2.13. The molecule has 0 fully saturated rings. The zero-order chi connectivity index (χ0) is 12.8. The predicted molar refractivity (Wildman–Crippen MR) is 76.0 cm³/mol. The number of hydrogen-bond acceptors (Lipinski definition) is 3. The minimum absolute atomic E-state index is 0.114. The van der Waals surface area contributed by atoms with Crippen LogP contribution in [0, 0.1) is 0 Å². The summed E-state index contributed by atoms with van der Waals surface area (Å²) in [6.07, 6.45) is 1.72. The van der Waals surface area contributed by atoms with Crippen LogP contribution in [-0.4, -0.2) is 4.98 Å². The van der Waals surface area contributed by atoms with E-state index in [1.807, 2.05) is 12.1 Å². The molecule has 0 aliphatic heterocycles. The summed E-state index contributed by atoms with van der Waals surface area (Å²) in [6, 6.07) is 8.17. The molecule has 18 heavy (non-hydrogen) atoms. The van der Waals surface area contributed by atoms with Crippen LogP contribution in [0.4, 0.5) is 0 Å². The largest absolute Gasteiger partial charge is 0.464 e. The second kappa shape index (κ2) is 3.95. The van der Waals surface area contributed by atoms with Gasteiger partial charge in [-0.3, -0.25) is 0 Å². The molecule has 2 nitrogen and oxygen atoms in total. The first-order valence-corrected chi connectivity index (χ1v) is 6.86. The van der Waals surface area contributed by atoms with E-state index in [1.54, 1.807) is 17.6 Å². The Hall–Kier alpha value is -1.61. The highest BCUT2D eigenvalue weighted by atomic mass is 32.1. The first kappa shape index (κ1) is 11.5. The van der Waals surface area contributed by atoms with E-state index >= 15 is 0 Å². The molecule has 1 aromatic carbocycles. The first-order chi connectivity index (χ1) is 8.54. The summed E-state index contributed by atoms with van der Waals surface area (Å²) >= 11 is 1.72. The van der Waals surface area contributed by atoms with Gasteiger partial charge in [-0.25, -0.2) is 4.98 Å². The monoisotopic (exact) mass is 257 g/mol. The maximum atomic E-state index is 5.35. The maximum absolute atomic E-state index is 5.35. The molecule has 0 bridgehead atoms. The molecule has 0 spiro atoms. The molecular formula is C15H15NOS. The SMILES string of the molecule is CC(C)(C)c1nc(-c2ccc3occc3c2)cs1. The highest BCUT2D eigenvalue weighted by Crippen LogP contribution is 2.31. The number of nitrogens with zero attached hydrogens (tertiary/aromatic N) is 1. The molecule has 92 valence electrons. The third-order valence-electron chi connectivity index (χ3n) is 2.89. The Morgan fingerprint density at radius 1 is 1.17 bits per heavy atom. The number of benzene rings is 1. The predicted octanol–water partition coefficient (Wildman–Crippen LogP) is 4.85. The highest BCUT2D eigenvalue weighted by Gasteiger charge is 2.18. The molecule has 0 saturated heterocycles. The van der Waals surface area contributed by atoms with Crippen LogP contribution in [0.15, 0.2) is 40.3 Å². The van der Waals surface area contributed by atoms with Crippen molar-refractivity contribution in [1.29, 1.82) is 0 Å². The number of thiazole rings is 1. The lowest BCUT2D eigenvalue weighted by molar-refractivity contribution is 0.586. The second-order valence-corrected chi connectivity index (χ2v) is 6.32. The fourth-order valence-electron chi connectivity index (χ4n) is 1.88. The van der Waals surface area contributed by atoms with Crippen molar-refractivity contribution < 1.29 is 4.42 Å². The third-order valence-corrected chi connectivity index (χ3v) is 4.16. The average Bonchev–Trinajstić information content (AvgIpc) is 2.96. The molecule has 0 unspecified atom stereocenters. The molecule has 3 heteroatoms. The molecule has 0 radical (unpaired) electrons. The van der Waals surface area contributed by atoms with Gasteiger partial charge in [-0.2, -0.15) is 0 Å². The Labute approximate surface area is 110 Å². The Balaban J connectivity index is 2.06. The third kappa shape index (κ3) is 1.95. The average molecular weight is 257 g/mol. The zero-order valence-corrected chi connectivity index (χ0v) is 11.5. The van der Waals surface area contributed by atoms with Crippen LogP contribution in [0.2, 0.25) is 0 Å². The zero-order valence-electron chi connectivity index (χ0n) is 10.7.